The minimum absolute atomic E-state index is 0.0117. The summed E-state index contributed by atoms with van der Waals surface area (Å²) in [6, 6.07) is 8.96. The number of ether oxygens (including phenoxy) is 2. The Morgan fingerprint density at radius 2 is 2.19 bits per heavy atom. The zero-order chi connectivity index (χ0) is 15.0. The molecule has 1 aromatic rings. The monoisotopic (exact) mass is 304 g/mol. The number of hydrogen-bond acceptors (Lipinski definition) is 4. The molecule has 2 unspecified atom stereocenters. The molecule has 2 bridgehead atoms. The summed E-state index contributed by atoms with van der Waals surface area (Å²) in [6.07, 6.45) is 0.108. The second-order valence-electron chi connectivity index (χ2n) is 5.75. The summed E-state index contributed by atoms with van der Waals surface area (Å²) in [5.74, 6) is 0.0440. The highest BCUT2D eigenvalue weighted by Crippen LogP contribution is 2.47. The third-order valence-corrected chi connectivity index (χ3v) is 6.45. The minimum atomic E-state index is -1.02. The molecule has 1 aromatic carbocycles. The molecule has 2 fully saturated rings. The van der Waals surface area contributed by atoms with Crippen molar-refractivity contribution in [1.29, 1.82) is 0 Å². The van der Waals surface area contributed by atoms with Crippen LogP contribution in [-0.4, -0.2) is 40.6 Å². The molecule has 5 atom stereocenters. The van der Waals surface area contributed by atoms with Crippen LogP contribution in [0.2, 0.25) is 0 Å². The van der Waals surface area contributed by atoms with Gasteiger partial charge in [0.2, 0.25) is 0 Å². The Morgan fingerprint density at radius 1 is 1.48 bits per heavy atom. The Bertz CT molecular complexity index is 564. The fraction of sp³-hybridized carbons (Fsp3) is 0.533. The van der Waals surface area contributed by atoms with Crippen LogP contribution in [0.1, 0.15) is 18.9 Å². The van der Waals surface area contributed by atoms with E-state index in [-0.39, 0.29) is 30.2 Å². The molecule has 2 saturated heterocycles. The van der Waals surface area contributed by atoms with Gasteiger partial charge in [-0.1, -0.05) is 37.3 Å². The molecule has 0 N–H and O–H groups in total. The first-order valence-electron chi connectivity index (χ1n) is 7.02. The van der Waals surface area contributed by atoms with Gasteiger partial charge in [-0.25, -0.2) is 0 Å². The number of fused-ring (bicyclic) bond motifs is 2. The van der Waals surface area contributed by atoms with E-state index in [0.29, 0.717) is 5.75 Å². The summed E-state index contributed by atoms with van der Waals surface area (Å²) in [4.78, 5) is 12.1. The average Bonchev–Trinajstić information content (AvgIpc) is 2.82. The van der Waals surface area contributed by atoms with E-state index in [1.807, 2.05) is 37.3 Å². The van der Waals surface area contributed by atoms with Crippen LogP contribution in [0.15, 0.2) is 30.3 Å². The van der Waals surface area contributed by atoms with Gasteiger partial charge in [-0.05, 0) is 5.56 Å². The van der Waals surface area contributed by atoms with Crippen molar-refractivity contribution in [2.75, 3.05) is 5.75 Å². The van der Waals surface area contributed by atoms with Gasteiger partial charge in [0.05, 0.1) is 23.0 Å². The van der Waals surface area contributed by atoms with Crippen LogP contribution < -0.4 is 0 Å². The largest absolute Gasteiger partial charge is 0.461 e. The maximum atomic E-state index is 12.1. The lowest BCUT2D eigenvalue weighted by Crippen LogP contribution is -2.41. The minimum Gasteiger partial charge on any atom is -0.461 e. The van der Waals surface area contributed by atoms with Crippen molar-refractivity contribution in [1.82, 2.24) is 0 Å². The smallest absolute Gasteiger partial charge is 0.309 e. The molecule has 2 heterocycles. The molecule has 21 heavy (non-hydrogen) atoms. The van der Waals surface area contributed by atoms with Crippen molar-refractivity contribution in [2.24, 2.45) is 5.92 Å². The summed E-state index contributed by atoms with van der Waals surface area (Å²) in [5, 5.41) is -0.174. The highest BCUT2D eigenvalue weighted by molar-refractivity contribution is 7.86. The quantitative estimate of drug-likeness (QED) is 0.618. The second-order valence-corrected chi connectivity index (χ2v) is 7.34. The average molecular weight is 304 g/mol. The molecule has 3 rings (SSSR count). The Balaban J connectivity index is 1.61. The Hall–Kier alpha value is -1.14. The maximum Gasteiger partial charge on any atom is 0.309 e. The van der Waals surface area contributed by atoms with E-state index >= 15 is 0 Å². The van der Waals surface area contributed by atoms with Crippen LogP contribution in [-0.2, 0) is 31.7 Å². The molecule has 6 heteroatoms. The van der Waals surface area contributed by atoms with Gasteiger partial charge < -0.3 is 9.47 Å². The van der Waals surface area contributed by atoms with Crippen LogP contribution in [0.4, 0.5) is 0 Å². The fourth-order valence-electron chi connectivity index (χ4n) is 3.20. The maximum absolute atomic E-state index is 12.1. The van der Waals surface area contributed by atoms with Gasteiger partial charge in [0.25, 0.3) is 0 Å². The van der Waals surface area contributed by atoms with Crippen molar-refractivity contribution < 1.29 is 18.5 Å². The number of benzene rings is 1. The Labute approximate surface area is 128 Å². The molecule has 4 nitrogen and oxygen atoms in total. The molecular formula is C15H17BO4S. The zero-order valence-corrected chi connectivity index (χ0v) is 12.7. The van der Waals surface area contributed by atoms with Crippen LogP contribution in [0.3, 0.4) is 0 Å². The molecule has 0 aliphatic carbocycles. The summed E-state index contributed by atoms with van der Waals surface area (Å²) in [7, 11) is 4.83. The molecule has 0 saturated carbocycles. The van der Waals surface area contributed by atoms with Crippen LogP contribution in [0.25, 0.3) is 0 Å². The van der Waals surface area contributed by atoms with E-state index in [4.69, 9.17) is 17.3 Å². The third-order valence-electron chi connectivity index (χ3n) is 4.39. The number of hydrogen-bond donors (Lipinski definition) is 0. The van der Waals surface area contributed by atoms with Gasteiger partial charge in [0, 0.05) is 22.7 Å². The first kappa shape index (κ1) is 14.8. The first-order valence-corrected chi connectivity index (χ1v) is 8.40. The van der Waals surface area contributed by atoms with E-state index in [2.05, 4.69) is 0 Å². The Kier molecular flexibility index (Phi) is 3.93. The van der Waals surface area contributed by atoms with Gasteiger partial charge in [-0.3, -0.25) is 9.00 Å². The number of esters is 1. The van der Waals surface area contributed by atoms with E-state index in [9.17, 15) is 9.00 Å². The Morgan fingerprint density at radius 3 is 2.81 bits per heavy atom. The highest BCUT2D eigenvalue weighted by Gasteiger charge is 2.60. The lowest BCUT2D eigenvalue weighted by molar-refractivity contribution is -0.151. The molecule has 2 radical (unpaired) electrons. The molecule has 2 aliphatic heterocycles. The predicted molar refractivity (Wildman–Crippen MR) is 80.2 cm³/mol. The van der Waals surface area contributed by atoms with Gasteiger partial charge in [0.15, 0.2) is 0 Å². The summed E-state index contributed by atoms with van der Waals surface area (Å²) in [6.45, 7) is 2.19. The molecule has 0 aromatic heterocycles. The second kappa shape index (κ2) is 5.57. The topological polar surface area (TPSA) is 52.6 Å². The fourth-order valence-corrected chi connectivity index (χ4v) is 5.36. The van der Waals surface area contributed by atoms with Gasteiger partial charge in [0.1, 0.15) is 14.5 Å². The summed E-state index contributed by atoms with van der Waals surface area (Å²) >= 11 is 0. The van der Waals surface area contributed by atoms with E-state index in [1.165, 1.54) is 0 Å². The molecule has 0 spiro atoms. The predicted octanol–water partition coefficient (Wildman–Crippen LogP) is 1.15. The summed E-state index contributed by atoms with van der Waals surface area (Å²) in [5.41, 5.74) is 0.219. The van der Waals surface area contributed by atoms with Crippen molar-refractivity contribution >= 4 is 24.6 Å². The highest BCUT2D eigenvalue weighted by atomic mass is 32.2. The van der Waals surface area contributed by atoms with Crippen molar-refractivity contribution in [3.05, 3.63) is 35.9 Å². The number of rotatable bonds is 4. The van der Waals surface area contributed by atoms with Crippen molar-refractivity contribution in [3.8, 4) is 0 Å². The number of carbonyl (C=O) groups excluding carboxylic acids is 1. The van der Waals surface area contributed by atoms with Crippen LogP contribution >= 0.6 is 0 Å². The standard InChI is InChI=1S/C15H17BO4S/c1-10-13-14(16)20-15(10,9-21(13)18)7-12(17)19-8-11-5-3-2-4-6-11/h2-6,10,13-14H,7-9H2,1H3/t10?,13-,14-,15-,21?/m1/s1. The van der Waals surface area contributed by atoms with E-state index in [0.717, 1.165) is 5.56 Å². The van der Waals surface area contributed by atoms with Crippen molar-refractivity contribution in [3.63, 3.8) is 0 Å². The molecule has 0 amide bonds. The number of carbonyl (C=O) groups is 1. The zero-order valence-electron chi connectivity index (χ0n) is 11.9. The normalized spacial score (nSPS) is 37.6. The van der Waals surface area contributed by atoms with Crippen LogP contribution in [0, 0.1) is 5.92 Å². The SMILES string of the molecule is [B][C@@H]1O[C@]2(CC(=O)OCc3ccccc3)CS(=O)[C@@H]1C2C. The van der Waals surface area contributed by atoms with Gasteiger partial charge in [-0.15, -0.1) is 0 Å². The third kappa shape index (κ3) is 2.67. The summed E-state index contributed by atoms with van der Waals surface area (Å²) < 4.78 is 23.1. The van der Waals surface area contributed by atoms with Crippen molar-refractivity contribution in [2.45, 2.75) is 36.8 Å². The molecule has 110 valence electrons. The van der Waals surface area contributed by atoms with Crippen LogP contribution in [0.5, 0.6) is 0 Å². The molecular weight excluding hydrogens is 287 g/mol. The van der Waals surface area contributed by atoms with E-state index < -0.39 is 22.4 Å². The first-order chi connectivity index (χ1) is 10.0. The lowest BCUT2D eigenvalue weighted by Gasteiger charge is -2.29. The van der Waals surface area contributed by atoms with Gasteiger partial charge >= 0.3 is 5.97 Å². The van der Waals surface area contributed by atoms with E-state index in [1.54, 1.807) is 0 Å². The lowest BCUT2D eigenvalue weighted by atomic mass is 9.84. The molecule has 2 aliphatic rings. The van der Waals surface area contributed by atoms with Gasteiger partial charge in [-0.2, -0.15) is 0 Å².